The van der Waals surface area contributed by atoms with Gasteiger partial charge in [-0.15, -0.1) is 11.3 Å². The predicted molar refractivity (Wildman–Crippen MR) is 67.1 cm³/mol. The average Bonchev–Trinajstić information content (AvgIpc) is 3.08. The summed E-state index contributed by atoms with van der Waals surface area (Å²) in [5, 5.41) is 4.04. The molecule has 0 aromatic carbocycles. The molecular weight excluding hydrogens is 252 g/mol. The molecule has 6 heteroatoms. The zero-order chi connectivity index (χ0) is 12.5. The minimum atomic E-state index is 0.259. The van der Waals surface area contributed by atoms with E-state index in [0.717, 1.165) is 34.4 Å². The lowest BCUT2D eigenvalue weighted by molar-refractivity contribution is 0.192. The Morgan fingerprint density at radius 1 is 1.50 bits per heavy atom. The lowest BCUT2D eigenvalue weighted by atomic mass is 10.1. The lowest BCUT2D eigenvalue weighted by Gasteiger charge is -1.98. The number of ether oxygens (including phenoxy) is 2. The van der Waals surface area contributed by atoms with E-state index in [1.807, 2.05) is 13.0 Å². The molecule has 1 saturated heterocycles. The van der Waals surface area contributed by atoms with Crippen molar-refractivity contribution in [3.63, 3.8) is 0 Å². The fourth-order valence-electron chi connectivity index (χ4n) is 2.02. The smallest absolute Gasteiger partial charge is 0.271 e. The van der Waals surface area contributed by atoms with Gasteiger partial charge in [0.2, 0.25) is 0 Å². The van der Waals surface area contributed by atoms with E-state index in [0.29, 0.717) is 12.5 Å². The van der Waals surface area contributed by atoms with Crippen LogP contribution in [-0.2, 0) is 4.74 Å². The van der Waals surface area contributed by atoms with Gasteiger partial charge in [-0.2, -0.15) is 4.98 Å². The molecule has 5 nitrogen and oxygen atoms in total. The number of nitrogens with zero attached hydrogens (tertiary/aromatic N) is 2. The summed E-state index contributed by atoms with van der Waals surface area (Å²) in [7, 11) is 1.65. The summed E-state index contributed by atoms with van der Waals surface area (Å²) in [5.41, 5.74) is 0. The van der Waals surface area contributed by atoms with Crippen LogP contribution in [0.4, 0.5) is 0 Å². The van der Waals surface area contributed by atoms with Crippen molar-refractivity contribution in [2.24, 2.45) is 0 Å². The normalized spacial score (nSPS) is 19.3. The van der Waals surface area contributed by atoms with Crippen molar-refractivity contribution < 1.29 is 14.0 Å². The highest BCUT2D eigenvalue weighted by Crippen LogP contribution is 2.37. The van der Waals surface area contributed by atoms with E-state index in [1.165, 1.54) is 0 Å². The van der Waals surface area contributed by atoms with E-state index in [2.05, 4.69) is 10.1 Å². The lowest BCUT2D eigenvalue weighted by Crippen LogP contribution is -1.99. The van der Waals surface area contributed by atoms with Gasteiger partial charge in [-0.1, -0.05) is 5.16 Å². The fraction of sp³-hybridized carbons (Fsp3) is 0.500. The van der Waals surface area contributed by atoms with Crippen molar-refractivity contribution in [1.82, 2.24) is 10.1 Å². The van der Waals surface area contributed by atoms with Gasteiger partial charge in [-0.25, -0.2) is 0 Å². The third-order valence-corrected chi connectivity index (χ3v) is 3.99. The number of rotatable bonds is 3. The Hall–Kier alpha value is -1.40. The Kier molecular flexibility index (Phi) is 3.05. The van der Waals surface area contributed by atoms with E-state index in [4.69, 9.17) is 14.0 Å². The second kappa shape index (κ2) is 4.70. The quantitative estimate of drug-likeness (QED) is 0.854. The van der Waals surface area contributed by atoms with Crippen LogP contribution in [0.5, 0.6) is 5.75 Å². The van der Waals surface area contributed by atoms with Gasteiger partial charge in [0.15, 0.2) is 5.82 Å². The largest absolute Gasteiger partial charge is 0.495 e. The van der Waals surface area contributed by atoms with Crippen LogP contribution in [0.3, 0.4) is 0 Å². The van der Waals surface area contributed by atoms with E-state index in [-0.39, 0.29) is 5.92 Å². The Morgan fingerprint density at radius 3 is 3.11 bits per heavy atom. The third-order valence-electron chi connectivity index (χ3n) is 2.97. The van der Waals surface area contributed by atoms with Crippen molar-refractivity contribution in [3.8, 4) is 16.5 Å². The Balaban J connectivity index is 1.92. The summed E-state index contributed by atoms with van der Waals surface area (Å²) in [6.45, 7) is 3.48. The number of hydrogen-bond donors (Lipinski definition) is 0. The van der Waals surface area contributed by atoms with Crippen LogP contribution in [0.25, 0.3) is 10.8 Å². The summed E-state index contributed by atoms with van der Waals surface area (Å²) in [6.07, 6.45) is 0.958. The molecule has 0 amide bonds. The number of aryl methyl sites for hydroxylation is 1. The van der Waals surface area contributed by atoms with Gasteiger partial charge >= 0.3 is 0 Å². The first-order valence-corrected chi connectivity index (χ1v) is 6.65. The fourth-order valence-corrected chi connectivity index (χ4v) is 2.92. The minimum Gasteiger partial charge on any atom is -0.495 e. The molecule has 2 aromatic heterocycles. The topological polar surface area (TPSA) is 57.4 Å². The highest BCUT2D eigenvalue weighted by atomic mass is 32.1. The molecule has 2 aromatic rings. The molecule has 1 aliphatic rings. The molecule has 3 heterocycles. The molecule has 0 spiro atoms. The van der Waals surface area contributed by atoms with Crippen molar-refractivity contribution >= 4 is 11.3 Å². The van der Waals surface area contributed by atoms with Crippen LogP contribution in [0, 0.1) is 6.92 Å². The molecule has 1 aliphatic heterocycles. The highest BCUT2D eigenvalue weighted by molar-refractivity contribution is 7.15. The van der Waals surface area contributed by atoms with Gasteiger partial charge in [0, 0.05) is 17.4 Å². The first-order valence-electron chi connectivity index (χ1n) is 5.84. The maximum absolute atomic E-state index is 5.33. The van der Waals surface area contributed by atoms with Gasteiger partial charge in [0.05, 0.1) is 13.7 Å². The Bertz CT molecular complexity index is 543. The van der Waals surface area contributed by atoms with Gasteiger partial charge in [-0.05, 0) is 19.4 Å². The van der Waals surface area contributed by atoms with Crippen LogP contribution in [0.15, 0.2) is 10.6 Å². The zero-order valence-corrected chi connectivity index (χ0v) is 11.1. The van der Waals surface area contributed by atoms with E-state index >= 15 is 0 Å². The van der Waals surface area contributed by atoms with E-state index in [1.54, 1.807) is 18.4 Å². The van der Waals surface area contributed by atoms with Crippen molar-refractivity contribution in [2.45, 2.75) is 19.3 Å². The summed E-state index contributed by atoms with van der Waals surface area (Å²) in [6, 6.07) is 1.97. The van der Waals surface area contributed by atoms with E-state index < -0.39 is 0 Å². The number of aromatic nitrogens is 2. The van der Waals surface area contributed by atoms with E-state index in [9.17, 15) is 0 Å². The van der Waals surface area contributed by atoms with Gasteiger partial charge in [-0.3, -0.25) is 0 Å². The molecule has 0 saturated carbocycles. The molecule has 0 bridgehead atoms. The maximum atomic E-state index is 5.33. The Morgan fingerprint density at radius 2 is 2.39 bits per heavy atom. The first-order chi connectivity index (χ1) is 8.78. The molecule has 96 valence electrons. The summed E-state index contributed by atoms with van der Waals surface area (Å²) < 4.78 is 16.0. The van der Waals surface area contributed by atoms with Crippen LogP contribution >= 0.6 is 11.3 Å². The molecule has 0 radical (unpaired) electrons. The molecule has 3 rings (SSSR count). The van der Waals surface area contributed by atoms with Crippen LogP contribution in [-0.4, -0.2) is 30.5 Å². The molecular formula is C12H14N2O3S. The standard InChI is InChI=1S/C12H14N2O3S/c1-7-5-9(15-2)10(18-7)12-13-11(14-17-12)8-3-4-16-6-8/h5,8H,3-4,6H2,1-2H3/t8-/m0/s1. The SMILES string of the molecule is COc1cc(C)sc1-c1nc([C@H]2CCOC2)no1. The zero-order valence-electron chi connectivity index (χ0n) is 10.3. The van der Waals surface area contributed by atoms with Gasteiger partial charge in [0.25, 0.3) is 5.89 Å². The molecule has 18 heavy (non-hydrogen) atoms. The van der Waals surface area contributed by atoms with Gasteiger partial charge < -0.3 is 14.0 Å². The summed E-state index contributed by atoms with van der Waals surface area (Å²) in [4.78, 5) is 6.51. The Labute approximate surface area is 109 Å². The van der Waals surface area contributed by atoms with Crippen molar-refractivity contribution in [1.29, 1.82) is 0 Å². The minimum absolute atomic E-state index is 0.259. The average molecular weight is 266 g/mol. The van der Waals surface area contributed by atoms with Crippen LogP contribution < -0.4 is 4.74 Å². The number of methoxy groups -OCH3 is 1. The van der Waals surface area contributed by atoms with Crippen LogP contribution in [0.1, 0.15) is 23.0 Å². The predicted octanol–water partition coefficient (Wildman–Crippen LogP) is 2.62. The number of hydrogen-bond acceptors (Lipinski definition) is 6. The van der Waals surface area contributed by atoms with Crippen LogP contribution in [0.2, 0.25) is 0 Å². The molecule has 0 aliphatic carbocycles. The van der Waals surface area contributed by atoms with Gasteiger partial charge in [0.1, 0.15) is 10.6 Å². The summed E-state index contributed by atoms with van der Waals surface area (Å²) in [5.74, 6) is 2.31. The first kappa shape index (κ1) is 11.7. The second-order valence-corrected chi connectivity index (χ2v) is 5.53. The molecule has 1 fully saturated rings. The van der Waals surface area contributed by atoms with Crippen molar-refractivity contribution in [2.75, 3.05) is 20.3 Å². The van der Waals surface area contributed by atoms with Crippen molar-refractivity contribution in [3.05, 3.63) is 16.8 Å². The highest BCUT2D eigenvalue weighted by Gasteiger charge is 2.25. The molecule has 0 N–H and O–H groups in total. The second-order valence-electron chi connectivity index (χ2n) is 4.27. The number of thiophene rings is 1. The monoisotopic (exact) mass is 266 g/mol. The molecule has 0 unspecified atom stereocenters. The summed E-state index contributed by atoms with van der Waals surface area (Å²) >= 11 is 1.60. The molecule has 1 atom stereocenters. The maximum Gasteiger partial charge on any atom is 0.271 e. The third kappa shape index (κ3) is 2.02.